The fourth-order valence-corrected chi connectivity index (χ4v) is 1.68. The van der Waals surface area contributed by atoms with Crippen LogP contribution in [-0.4, -0.2) is 19.3 Å². The fraction of sp³-hybridized carbons (Fsp3) is 0.500. The molecular weight excluding hydrogens is 231 g/mol. The maximum absolute atomic E-state index is 12.3. The molecule has 2 nitrogen and oxygen atoms in total. The number of aryl methyl sites for hydroxylation is 2. The zero-order valence-corrected chi connectivity index (χ0v) is 9.84. The van der Waals surface area contributed by atoms with Crippen molar-refractivity contribution in [2.45, 2.75) is 32.0 Å². The number of ether oxygens (including phenoxy) is 1. The second kappa shape index (κ2) is 5.40. The highest BCUT2D eigenvalue weighted by atomic mass is 19.4. The van der Waals surface area contributed by atoms with Crippen LogP contribution in [0.15, 0.2) is 18.2 Å². The largest absolute Gasteiger partial charge is 0.496 e. The van der Waals surface area contributed by atoms with Gasteiger partial charge in [-0.05, 0) is 30.9 Å². The molecule has 0 bridgehead atoms. The molecule has 0 saturated heterocycles. The summed E-state index contributed by atoms with van der Waals surface area (Å²) < 4.78 is 41.9. The summed E-state index contributed by atoms with van der Waals surface area (Å²) in [6.45, 7) is 1.85. The second-order valence-corrected chi connectivity index (χ2v) is 3.95. The van der Waals surface area contributed by atoms with Gasteiger partial charge in [0.25, 0.3) is 0 Å². The number of alkyl halides is 3. The van der Waals surface area contributed by atoms with Gasteiger partial charge in [0.15, 0.2) is 0 Å². The number of methoxy groups -OCH3 is 1. The Bertz CT molecular complexity index is 377. The van der Waals surface area contributed by atoms with E-state index in [-0.39, 0.29) is 12.8 Å². The van der Waals surface area contributed by atoms with E-state index in [1.807, 2.05) is 13.0 Å². The minimum absolute atomic E-state index is 0.136. The monoisotopic (exact) mass is 247 g/mol. The summed E-state index contributed by atoms with van der Waals surface area (Å²) in [7, 11) is 1.51. The van der Waals surface area contributed by atoms with Crippen molar-refractivity contribution < 1.29 is 17.9 Å². The summed E-state index contributed by atoms with van der Waals surface area (Å²) in [6.07, 6.45) is -4.22. The van der Waals surface area contributed by atoms with Crippen LogP contribution in [0.4, 0.5) is 13.2 Å². The molecule has 17 heavy (non-hydrogen) atoms. The molecule has 1 aromatic carbocycles. The molecule has 1 aromatic rings. The van der Waals surface area contributed by atoms with Gasteiger partial charge in [0.05, 0.1) is 7.11 Å². The first kappa shape index (κ1) is 13.8. The number of nitrogens with two attached hydrogens (primary N) is 1. The molecular formula is C12H16F3NO. The van der Waals surface area contributed by atoms with Crippen molar-refractivity contribution in [2.75, 3.05) is 7.11 Å². The highest BCUT2D eigenvalue weighted by Crippen LogP contribution is 2.27. The van der Waals surface area contributed by atoms with E-state index in [9.17, 15) is 13.2 Å². The summed E-state index contributed by atoms with van der Waals surface area (Å²) in [5.74, 6) is 0.641. The molecule has 2 N–H and O–H groups in total. The van der Waals surface area contributed by atoms with Crippen LogP contribution in [0.5, 0.6) is 5.75 Å². The molecule has 0 fully saturated rings. The average molecular weight is 247 g/mol. The number of benzene rings is 1. The summed E-state index contributed by atoms with van der Waals surface area (Å²) in [5.41, 5.74) is 6.73. The van der Waals surface area contributed by atoms with Gasteiger partial charge in [-0.1, -0.05) is 18.2 Å². The van der Waals surface area contributed by atoms with Gasteiger partial charge < -0.3 is 10.5 Å². The van der Waals surface area contributed by atoms with E-state index in [0.717, 1.165) is 11.1 Å². The number of hydrogen-bond acceptors (Lipinski definition) is 2. The Kier molecular flexibility index (Phi) is 4.40. The van der Waals surface area contributed by atoms with Gasteiger partial charge in [-0.15, -0.1) is 0 Å². The zero-order valence-electron chi connectivity index (χ0n) is 9.84. The average Bonchev–Trinajstić information content (AvgIpc) is 2.24. The zero-order chi connectivity index (χ0) is 13.1. The molecule has 0 saturated carbocycles. The Balaban J connectivity index is 2.73. The number of para-hydroxylation sites is 1. The van der Waals surface area contributed by atoms with Crippen molar-refractivity contribution >= 4 is 0 Å². The maximum atomic E-state index is 12.3. The van der Waals surface area contributed by atoms with E-state index >= 15 is 0 Å². The maximum Gasteiger partial charge on any atom is 0.403 e. The molecule has 0 aliphatic carbocycles. The van der Waals surface area contributed by atoms with Crippen molar-refractivity contribution in [3.8, 4) is 5.75 Å². The molecule has 0 amide bonds. The molecule has 5 heteroatoms. The van der Waals surface area contributed by atoms with E-state index in [1.54, 1.807) is 12.1 Å². The van der Waals surface area contributed by atoms with Crippen molar-refractivity contribution in [3.63, 3.8) is 0 Å². The first-order valence-electron chi connectivity index (χ1n) is 5.31. The number of hydrogen-bond donors (Lipinski definition) is 1. The lowest BCUT2D eigenvalue weighted by Crippen LogP contribution is -2.37. The van der Waals surface area contributed by atoms with Gasteiger partial charge in [0, 0.05) is 0 Å². The Morgan fingerprint density at radius 3 is 2.53 bits per heavy atom. The van der Waals surface area contributed by atoms with Gasteiger partial charge in [0.2, 0.25) is 0 Å². The smallest absolute Gasteiger partial charge is 0.403 e. The van der Waals surface area contributed by atoms with Crippen LogP contribution in [0.3, 0.4) is 0 Å². The Morgan fingerprint density at radius 1 is 1.35 bits per heavy atom. The molecule has 1 unspecified atom stereocenters. The van der Waals surface area contributed by atoms with Crippen LogP contribution in [0.25, 0.3) is 0 Å². The van der Waals surface area contributed by atoms with E-state index in [1.165, 1.54) is 7.11 Å². The van der Waals surface area contributed by atoms with Crippen LogP contribution in [0.1, 0.15) is 17.5 Å². The number of rotatable bonds is 4. The van der Waals surface area contributed by atoms with E-state index in [4.69, 9.17) is 10.5 Å². The standard InChI is InChI=1S/C12H16F3NO/c1-8-4-3-5-9(11(8)17-2)6-7-10(16)12(13,14)15/h3-5,10H,6-7,16H2,1-2H3. The third-order valence-corrected chi connectivity index (χ3v) is 2.64. The molecule has 1 atom stereocenters. The minimum Gasteiger partial charge on any atom is -0.496 e. The van der Waals surface area contributed by atoms with Crippen LogP contribution >= 0.6 is 0 Å². The molecule has 0 aromatic heterocycles. The predicted octanol–water partition coefficient (Wildman–Crippen LogP) is 2.83. The Labute approximate surface area is 98.6 Å². The normalized spacial score (nSPS) is 13.5. The summed E-state index contributed by atoms with van der Waals surface area (Å²) in [5, 5.41) is 0. The number of halogens is 3. The van der Waals surface area contributed by atoms with Gasteiger partial charge in [-0.2, -0.15) is 13.2 Å². The molecule has 1 rings (SSSR count). The summed E-state index contributed by atoms with van der Waals surface area (Å²) in [4.78, 5) is 0. The van der Waals surface area contributed by atoms with Crippen molar-refractivity contribution in [1.29, 1.82) is 0 Å². The molecule has 0 heterocycles. The lowest BCUT2D eigenvalue weighted by Gasteiger charge is -2.16. The van der Waals surface area contributed by atoms with Crippen LogP contribution in [-0.2, 0) is 6.42 Å². The van der Waals surface area contributed by atoms with Gasteiger partial charge in [-0.3, -0.25) is 0 Å². The van der Waals surface area contributed by atoms with E-state index in [0.29, 0.717) is 5.75 Å². The molecule has 0 spiro atoms. The summed E-state index contributed by atoms with van der Waals surface area (Å²) >= 11 is 0. The molecule has 0 radical (unpaired) electrons. The van der Waals surface area contributed by atoms with E-state index in [2.05, 4.69) is 0 Å². The lowest BCUT2D eigenvalue weighted by atomic mass is 10.0. The highest BCUT2D eigenvalue weighted by Gasteiger charge is 2.36. The van der Waals surface area contributed by atoms with E-state index < -0.39 is 12.2 Å². The predicted molar refractivity (Wildman–Crippen MR) is 60.1 cm³/mol. The SMILES string of the molecule is COc1c(C)cccc1CCC(N)C(F)(F)F. The summed E-state index contributed by atoms with van der Waals surface area (Å²) in [6, 6.07) is 3.63. The van der Waals surface area contributed by atoms with Crippen molar-refractivity contribution in [3.05, 3.63) is 29.3 Å². The first-order chi connectivity index (χ1) is 7.86. The van der Waals surface area contributed by atoms with Gasteiger partial charge in [0.1, 0.15) is 11.8 Å². The molecule has 0 aliphatic heterocycles. The van der Waals surface area contributed by atoms with Crippen LogP contribution in [0, 0.1) is 6.92 Å². The fourth-order valence-electron chi connectivity index (χ4n) is 1.68. The quantitative estimate of drug-likeness (QED) is 0.888. The third-order valence-electron chi connectivity index (χ3n) is 2.64. The molecule has 96 valence electrons. The topological polar surface area (TPSA) is 35.2 Å². The lowest BCUT2D eigenvalue weighted by molar-refractivity contribution is -0.148. The Hall–Kier alpha value is -1.23. The second-order valence-electron chi connectivity index (χ2n) is 3.95. The first-order valence-corrected chi connectivity index (χ1v) is 5.31. The van der Waals surface area contributed by atoms with Crippen LogP contribution < -0.4 is 10.5 Å². The third kappa shape index (κ3) is 3.63. The van der Waals surface area contributed by atoms with Crippen molar-refractivity contribution in [2.24, 2.45) is 5.73 Å². The van der Waals surface area contributed by atoms with Gasteiger partial charge >= 0.3 is 6.18 Å². The van der Waals surface area contributed by atoms with Crippen LogP contribution in [0.2, 0.25) is 0 Å². The Morgan fingerprint density at radius 2 is 2.00 bits per heavy atom. The van der Waals surface area contributed by atoms with Gasteiger partial charge in [-0.25, -0.2) is 0 Å². The minimum atomic E-state index is -4.34. The molecule has 0 aliphatic rings. The van der Waals surface area contributed by atoms with Crippen molar-refractivity contribution in [1.82, 2.24) is 0 Å². The highest BCUT2D eigenvalue weighted by molar-refractivity contribution is 5.40.